The second-order valence-corrected chi connectivity index (χ2v) is 5.65. The van der Waals surface area contributed by atoms with Crippen LogP contribution >= 0.6 is 0 Å². The molecule has 0 aromatic heterocycles. The van der Waals surface area contributed by atoms with Crippen LogP contribution in [-0.2, 0) is 4.79 Å². The van der Waals surface area contributed by atoms with Gasteiger partial charge in [-0.2, -0.15) is 0 Å². The fraction of sp³-hybridized carbons (Fsp3) is 0.923. The molecule has 0 radical (unpaired) electrons. The average Bonchev–Trinajstić information content (AvgIpc) is 3.02. The number of amides is 1. The summed E-state index contributed by atoms with van der Waals surface area (Å²) in [5.41, 5.74) is 0. The van der Waals surface area contributed by atoms with E-state index in [0.717, 1.165) is 12.3 Å². The summed E-state index contributed by atoms with van der Waals surface area (Å²) in [6.07, 6.45) is 8.69. The van der Waals surface area contributed by atoms with Crippen molar-refractivity contribution in [3.05, 3.63) is 0 Å². The number of rotatable bonds is 2. The van der Waals surface area contributed by atoms with Crippen LogP contribution in [0.25, 0.3) is 0 Å². The summed E-state index contributed by atoms with van der Waals surface area (Å²) >= 11 is 0. The van der Waals surface area contributed by atoms with Crippen molar-refractivity contribution in [1.82, 2.24) is 10.2 Å². The number of hydrogen-bond acceptors (Lipinski definition) is 2. The van der Waals surface area contributed by atoms with Gasteiger partial charge in [-0.1, -0.05) is 6.42 Å². The first-order valence-corrected chi connectivity index (χ1v) is 6.80. The fourth-order valence-electron chi connectivity index (χ4n) is 3.64. The van der Waals surface area contributed by atoms with Gasteiger partial charge >= 0.3 is 0 Å². The maximum atomic E-state index is 12.5. The van der Waals surface area contributed by atoms with Gasteiger partial charge in [-0.3, -0.25) is 4.79 Å². The fourth-order valence-corrected chi connectivity index (χ4v) is 3.64. The number of carbonyl (C=O) groups excluding carboxylic acids is 1. The Morgan fingerprint density at radius 1 is 1.12 bits per heavy atom. The third kappa shape index (κ3) is 1.65. The molecule has 3 heteroatoms. The van der Waals surface area contributed by atoms with Crippen LogP contribution in [0.15, 0.2) is 0 Å². The highest BCUT2D eigenvalue weighted by molar-refractivity contribution is 5.83. The number of likely N-dealkylation sites (N-methyl/N-ethyl adjacent to an activating group) is 1. The summed E-state index contributed by atoms with van der Waals surface area (Å²) in [5, 5.41) is 3.20. The molecule has 1 saturated heterocycles. The van der Waals surface area contributed by atoms with Crippen molar-refractivity contribution in [1.29, 1.82) is 0 Å². The van der Waals surface area contributed by atoms with Gasteiger partial charge in [0.25, 0.3) is 0 Å². The van der Waals surface area contributed by atoms with Gasteiger partial charge in [0.1, 0.15) is 0 Å². The lowest BCUT2D eigenvalue weighted by atomic mass is 9.97. The maximum absolute atomic E-state index is 12.5. The highest BCUT2D eigenvalue weighted by Gasteiger charge is 2.45. The van der Waals surface area contributed by atoms with Crippen molar-refractivity contribution in [3.8, 4) is 0 Å². The van der Waals surface area contributed by atoms with Crippen LogP contribution in [0.5, 0.6) is 0 Å². The van der Waals surface area contributed by atoms with Crippen molar-refractivity contribution >= 4 is 5.91 Å². The number of carbonyl (C=O) groups is 1. The van der Waals surface area contributed by atoms with Crippen LogP contribution in [-0.4, -0.2) is 36.0 Å². The summed E-state index contributed by atoms with van der Waals surface area (Å²) in [5.74, 6) is 1.18. The standard InChI is InChI=1S/C13H22N2O/c1-14-11-8-5-9-3-2-4-12(9)15(13(11)16)10-6-7-10/h9-12,14H,2-8H2,1H3. The number of fused-ring (bicyclic) bond motifs is 1. The number of likely N-dealkylation sites (tertiary alicyclic amines) is 1. The largest absolute Gasteiger partial charge is 0.335 e. The molecule has 3 nitrogen and oxygen atoms in total. The van der Waals surface area contributed by atoms with Gasteiger partial charge in [0.2, 0.25) is 5.91 Å². The molecule has 3 fully saturated rings. The van der Waals surface area contributed by atoms with Crippen LogP contribution in [0.3, 0.4) is 0 Å². The molecule has 3 unspecified atom stereocenters. The Morgan fingerprint density at radius 3 is 2.62 bits per heavy atom. The lowest BCUT2D eigenvalue weighted by Gasteiger charge is -2.32. The molecule has 90 valence electrons. The van der Waals surface area contributed by atoms with Gasteiger partial charge in [0.15, 0.2) is 0 Å². The third-order valence-corrected chi connectivity index (χ3v) is 4.64. The van der Waals surface area contributed by atoms with Crippen LogP contribution in [0.1, 0.15) is 44.9 Å². The Kier molecular flexibility index (Phi) is 2.66. The van der Waals surface area contributed by atoms with Gasteiger partial charge in [0, 0.05) is 12.1 Å². The Labute approximate surface area is 97.6 Å². The van der Waals surface area contributed by atoms with Gasteiger partial charge in [-0.05, 0) is 51.5 Å². The molecule has 1 heterocycles. The van der Waals surface area contributed by atoms with E-state index in [1.165, 1.54) is 38.5 Å². The topological polar surface area (TPSA) is 32.3 Å². The van der Waals surface area contributed by atoms with Crippen LogP contribution in [0.2, 0.25) is 0 Å². The summed E-state index contributed by atoms with van der Waals surface area (Å²) < 4.78 is 0. The van der Waals surface area contributed by atoms with Crippen molar-refractivity contribution in [2.75, 3.05) is 7.05 Å². The molecule has 0 spiro atoms. The van der Waals surface area contributed by atoms with Gasteiger partial charge < -0.3 is 10.2 Å². The number of nitrogens with zero attached hydrogens (tertiary/aromatic N) is 1. The molecule has 0 aromatic rings. The summed E-state index contributed by atoms with van der Waals surface area (Å²) in [6, 6.07) is 1.26. The highest BCUT2D eigenvalue weighted by atomic mass is 16.2. The van der Waals surface area contributed by atoms with Gasteiger partial charge in [-0.25, -0.2) is 0 Å². The molecule has 2 saturated carbocycles. The summed E-state index contributed by atoms with van der Waals surface area (Å²) in [6.45, 7) is 0. The minimum atomic E-state index is 0.0891. The molecule has 0 aromatic carbocycles. The van der Waals surface area contributed by atoms with Crippen LogP contribution in [0, 0.1) is 5.92 Å². The number of hydrogen-bond donors (Lipinski definition) is 1. The Balaban J connectivity index is 1.85. The van der Waals surface area contributed by atoms with Gasteiger partial charge in [0.05, 0.1) is 6.04 Å². The first-order valence-electron chi connectivity index (χ1n) is 6.80. The van der Waals surface area contributed by atoms with Crippen molar-refractivity contribution in [2.24, 2.45) is 5.92 Å². The monoisotopic (exact) mass is 222 g/mol. The van der Waals surface area contributed by atoms with E-state index in [-0.39, 0.29) is 6.04 Å². The van der Waals surface area contributed by atoms with Crippen molar-refractivity contribution in [2.45, 2.75) is 63.1 Å². The predicted molar refractivity (Wildman–Crippen MR) is 63.1 cm³/mol. The van der Waals surface area contributed by atoms with E-state index in [2.05, 4.69) is 10.2 Å². The van der Waals surface area contributed by atoms with Crippen LogP contribution < -0.4 is 5.32 Å². The minimum Gasteiger partial charge on any atom is -0.335 e. The lowest BCUT2D eigenvalue weighted by molar-refractivity contribution is -0.135. The first-order chi connectivity index (χ1) is 7.81. The third-order valence-electron chi connectivity index (χ3n) is 4.64. The van der Waals surface area contributed by atoms with Crippen LogP contribution in [0.4, 0.5) is 0 Å². The molecule has 16 heavy (non-hydrogen) atoms. The summed E-state index contributed by atoms with van der Waals surface area (Å²) in [7, 11) is 1.93. The minimum absolute atomic E-state index is 0.0891. The Morgan fingerprint density at radius 2 is 1.94 bits per heavy atom. The van der Waals surface area contributed by atoms with E-state index in [0.29, 0.717) is 18.0 Å². The molecule has 1 amide bonds. The second kappa shape index (κ2) is 4.02. The molecule has 1 aliphatic heterocycles. The molecule has 2 aliphatic carbocycles. The Hall–Kier alpha value is -0.570. The van der Waals surface area contributed by atoms with Gasteiger partial charge in [-0.15, -0.1) is 0 Å². The Bertz CT molecular complexity index is 288. The van der Waals surface area contributed by atoms with E-state index in [1.54, 1.807) is 0 Å². The molecule has 3 aliphatic rings. The molecule has 3 rings (SSSR count). The molecule has 1 N–H and O–H groups in total. The number of nitrogens with one attached hydrogen (secondary N) is 1. The van der Waals surface area contributed by atoms with E-state index in [1.807, 2.05) is 7.05 Å². The van der Waals surface area contributed by atoms with E-state index < -0.39 is 0 Å². The zero-order chi connectivity index (χ0) is 11.1. The molecular weight excluding hydrogens is 200 g/mol. The molecule has 3 atom stereocenters. The zero-order valence-electron chi connectivity index (χ0n) is 10.1. The van der Waals surface area contributed by atoms with Crippen molar-refractivity contribution < 1.29 is 4.79 Å². The highest BCUT2D eigenvalue weighted by Crippen LogP contribution is 2.41. The zero-order valence-corrected chi connectivity index (χ0v) is 10.1. The van der Waals surface area contributed by atoms with E-state index >= 15 is 0 Å². The molecular formula is C13H22N2O. The lowest BCUT2D eigenvalue weighted by Crippen LogP contribution is -2.49. The van der Waals surface area contributed by atoms with E-state index in [4.69, 9.17) is 0 Å². The summed E-state index contributed by atoms with van der Waals surface area (Å²) in [4.78, 5) is 14.7. The average molecular weight is 222 g/mol. The van der Waals surface area contributed by atoms with E-state index in [9.17, 15) is 4.79 Å². The molecule has 0 bridgehead atoms. The second-order valence-electron chi connectivity index (χ2n) is 5.65. The predicted octanol–water partition coefficient (Wildman–Crippen LogP) is 1.53. The maximum Gasteiger partial charge on any atom is 0.240 e. The normalized spacial score (nSPS) is 39.7. The smallest absolute Gasteiger partial charge is 0.240 e. The SMILES string of the molecule is CNC1CCC2CCCC2N(C2CC2)C1=O. The first kappa shape index (κ1) is 10.6. The van der Waals surface area contributed by atoms with Crippen molar-refractivity contribution in [3.63, 3.8) is 0 Å². The quantitative estimate of drug-likeness (QED) is 0.768.